The number of carbonyl (C=O) groups is 3. The molecule has 8 heteroatoms. The molecule has 1 aromatic rings. The van der Waals surface area contributed by atoms with Gasteiger partial charge in [0.2, 0.25) is 11.8 Å². The van der Waals surface area contributed by atoms with Gasteiger partial charge in [0.1, 0.15) is 0 Å². The number of anilines is 1. The maximum absolute atomic E-state index is 12.3. The predicted octanol–water partition coefficient (Wildman–Crippen LogP) is 1.68. The first-order valence-corrected chi connectivity index (χ1v) is 8.34. The number of hydrogen-bond acceptors (Lipinski definition) is 5. The molecular weight excluding hydrogens is 318 g/mol. The van der Waals surface area contributed by atoms with Crippen molar-refractivity contribution in [3.63, 3.8) is 0 Å². The molecule has 3 amide bonds. The van der Waals surface area contributed by atoms with Crippen molar-refractivity contribution in [2.75, 3.05) is 23.8 Å². The number of benzene rings is 1. The Labute approximate surface area is 138 Å². The average molecular weight is 337 g/mol. The highest BCUT2D eigenvalue weighted by atomic mass is 32.2. The molecule has 0 unspecified atom stereocenters. The Morgan fingerprint density at radius 3 is 2.78 bits per heavy atom. The van der Waals surface area contributed by atoms with Gasteiger partial charge in [0.05, 0.1) is 12.3 Å². The Morgan fingerprint density at radius 2 is 2.00 bits per heavy atom. The monoisotopic (exact) mass is 337 g/mol. The molecule has 23 heavy (non-hydrogen) atoms. The first kappa shape index (κ1) is 17.1. The lowest BCUT2D eigenvalue weighted by Gasteiger charge is -2.29. The standard InChI is InChI=1S/C15H19N3O4S/c1-2-22-15(21)17-16-13(19)7-8-14(20)18-9-10-23-12-6-4-3-5-11(12)18/h3-6H,2,7-10H2,1H3,(H,16,19)(H,17,21). The molecule has 0 aromatic heterocycles. The van der Waals surface area contributed by atoms with Gasteiger partial charge in [-0.25, -0.2) is 10.2 Å². The molecule has 0 saturated carbocycles. The van der Waals surface area contributed by atoms with Crippen LogP contribution < -0.4 is 15.8 Å². The van der Waals surface area contributed by atoms with Crippen molar-refractivity contribution in [1.29, 1.82) is 0 Å². The van der Waals surface area contributed by atoms with Gasteiger partial charge in [0.15, 0.2) is 0 Å². The van der Waals surface area contributed by atoms with E-state index in [1.165, 1.54) is 0 Å². The Hall–Kier alpha value is -2.22. The molecule has 124 valence electrons. The highest BCUT2D eigenvalue weighted by molar-refractivity contribution is 7.99. The zero-order chi connectivity index (χ0) is 16.7. The largest absolute Gasteiger partial charge is 0.449 e. The van der Waals surface area contributed by atoms with Crippen molar-refractivity contribution >= 4 is 35.4 Å². The summed E-state index contributed by atoms with van der Waals surface area (Å²) < 4.78 is 4.61. The van der Waals surface area contributed by atoms with Crippen LogP contribution in [-0.2, 0) is 14.3 Å². The summed E-state index contributed by atoms with van der Waals surface area (Å²) >= 11 is 1.72. The van der Waals surface area contributed by atoms with Gasteiger partial charge < -0.3 is 9.64 Å². The third kappa shape index (κ3) is 4.88. The summed E-state index contributed by atoms with van der Waals surface area (Å²) in [7, 11) is 0. The van der Waals surface area contributed by atoms with Gasteiger partial charge in [-0.15, -0.1) is 11.8 Å². The van der Waals surface area contributed by atoms with E-state index in [-0.39, 0.29) is 25.4 Å². The highest BCUT2D eigenvalue weighted by Gasteiger charge is 2.22. The molecule has 1 aromatic carbocycles. The molecule has 0 aliphatic carbocycles. The van der Waals surface area contributed by atoms with Gasteiger partial charge in [-0.1, -0.05) is 12.1 Å². The van der Waals surface area contributed by atoms with E-state index in [4.69, 9.17) is 0 Å². The van der Waals surface area contributed by atoms with E-state index in [9.17, 15) is 14.4 Å². The highest BCUT2D eigenvalue weighted by Crippen LogP contribution is 2.34. The minimum absolute atomic E-state index is 0.00293. The number of para-hydroxylation sites is 1. The normalized spacial score (nSPS) is 13.0. The molecule has 7 nitrogen and oxygen atoms in total. The predicted molar refractivity (Wildman–Crippen MR) is 87.1 cm³/mol. The summed E-state index contributed by atoms with van der Waals surface area (Å²) in [4.78, 5) is 37.8. The smallest absolute Gasteiger partial charge is 0.426 e. The lowest BCUT2D eigenvalue weighted by molar-refractivity contribution is -0.125. The first-order valence-electron chi connectivity index (χ1n) is 7.35. The van der Waals surface area contributed by atoms with Gasteiger partial charge in [-0.05, 0) is 19.1 Å². The summed E-state index contributed by atoms with van der Waals surface area (Å²) in [5.41, 5.74) is 5.21. The number of amides is 3. The van der Waals surface area contributed by atoms with Crippen LogP contribution in [0.1, 0.15) is 19.8 Å². The quantitative estimate of drug-likeness (QED) is 0.816. The van der Waals surface area contributed by atoms with Gasteiger partial charge in [-0.2, -0.15) is 0 Å². The van der Waals surface area contributed by atoms with Crippen LogP contribution in [0.15, 0.2) is 29.2 Å². The number of ether oxygens (including phenoxy) is 1. The fraction of sp³-hybridized carbons (Fsp3) is 0.400. The minimum atomic E-state index is -0.728. The Morgan fingerprint density at radius 1 is 1.22 bits per heavy atom. The van der Waals surface area contributed by atoms with E-state index in [2.05, 4.69) is 15.6 Å². The third-order valence-electron chi connectivity index (χ3n) is 3.17. The number of nitrogens with zero attached hydrogens (tertiary/aromatic N) is 1. The number of thioether (sulfide) groups is 1. The van der Waals surface area contributed by atoms with E-state index in [1.807, 2.05) is 24.3 Å². The average Bonchev–Trinajstić information content (AvgIpc) is 2.57. The van der Waals surface area contributed by atoms with Crippen LogP contribution in [0.4, 0.5) is 10.5 Å². The van der Waals surface area contributed by atoms with Crippen molar-refractivity contribution in [1.82, 2.24) is 10.9 Å². The molecule has 0 saturated heterocycles. The number of carbonyl (C=O) groups excluding carboxylic acids is 3. The fourth-order valence-electron chi connectivity index (χ4n) is 2.13. The summed E-state index contributed by atoms with van der Waals surface area (Å²) in [5.74, 6) is 0.287. The Bertz CT molecular complexity index is 594. The molecule has 0 atom stereocenters. The number of hydrazine groups is 1. The summed E-state index contributed by atoms with van der Waals surface area (Å²) in [6.07, 6.45) is -0.652. The molecule has 1 aliphatic heterocycles. The first-order chi connectivity index (χ1) is 11.1. The van der Waals surface area contributed by atoms with E-state index in [1.54, 1.807) is 23.6 Å². The number of nitrogens with one attached hydrogen (secondary N) is 2. The summed E-state index contributed by atoms with van der Waals surface area (Å²) in [6.45, 7) is 2.50. The summed E-state index contributed by atoms with van der Waals surface area (Å²) in [6, 6.07) is 7.71. The molecule has 1 heterocycles. The van der Waals surface area contributed by atoms with Crippen LogP contribution in [-0.4, -0.2) is 36.8 Å². The van der Waals surface area contributed by atoms with Crippen molar-refractivity contribution in [3.05, 3.63) is 24.3 Å². The van der Waals surface area contributed by atoms with Crippen LogP contribution in [0.5, 0.6) is 0 Å². The molecule has 0 bridgehead atoms. The van der Waals surface area contributed by atoms with Crippen LogP contribution in [0.3, 0.4) is 0 Å². The molecular formula is C15H19N3O4S. The molecule has 2 rings (SSSR count). The molecule has 2 N–H and O–H groups in total. The summed E-state index contributed by atoms with van der Waals surface area (Å²) in [5, 5.41) is 0. The van der Waals surface area contributed by atoms with Gasteiger partial charge in [-0.3, -0.25) is 15.0 Å². The van der Waals surface area contributed by atoms with E-state index < -0.39 is 12.0 Å². The Kier molecular flexibility index (Phi) is 6.28. The van der Waals surface area contributed by atoms with Crippen LogP contribution in [0.25, 0.3) is 0 Å². The molecule has 0 spiro atoms. The molecule has 1 aliphatic rings. The fourth-order valence-corrected chi connectivity index (χ4v) is 3.13. The lowest BCUT2D eigenvalue weighted by atomic mass is 10.2. The van der Waals surface area contributed by atoms with Crippen LogP contribution >= 0.6 is 11.8 Å². The van der Waals surface area contributed by atoms with Gasteiger partial charge in [0, 0.05) is 30.0 Å². The zero-order valence-corrected chi connectivity index (χ0v) is 13.6. The molecule has 0 fully saturated rings. The van der Waals surface area contributed by atoms with Gasteiger partial charge >= 0.3 is 6.09 Å². The van der Waals surface area contributed by atoms with Crippen LogP contribution in [0.2, 0.25) is 0 Å². The maximum atomic E-state index is 12.3. The zero-order valence-electron chi connectivity index (χ0n) is 12.8. The SMILES string of the molecule is CCOC(=O)NNC(=O)CCC(=O)N1CCSc2ccccc21. The van der Waals surface area contributed by atoms with Crippen LogP contribution in [0, 0.1) is 0 Å². The second kappa shape index (κ2) is 8.42. The van der Waals surface area contributed by atoms with Crippen molar-refractivity contribution in [2.45, 2.75) is 24.7 Å². The topological polar surface area (TPSA) is 87.7 Å². The van der Waals surface area contributed by atoms with Gasteiger partial charge in [0.25, 0.3) is 0 Å². The molecule has 0 radical (unpaired) electrons. The second-order valence-electron chi connectivity index (χ2n) is 4.76. The second-order valence-corrected chi connectivity index (χ2v) is 5.89. The minimum Gasteiger partial charge on any atom is -0.449 e. The van der Waals surface area contributed by atoms with E-state index in [0.29, 0.717) is 6.54 Å². The number of hydrogen-bond donors (Lipinski definition) is 2. The van der Waals surface area contributed by atoms with Crippen molar-refractivity contribution in [2.24, 2.45) is 0 Å². The maximum Gasteiger partial charge on any atom is 0.426 e. The lowest BCUT2D eigenvalue weighted by Crippen LogP contribution is -2.42. The van der Waals surface area contributed by atoms with Crippen molar-refractivity contribution in [3.8, 4) is 0 Å². The van der Waals surface area contributed by atoms with Crippen molar-refractivity contribution < 1.29 is 19.1 Å². The Balaban J connectivity index is 1.81. The third-order valence-corrected chi connectivity index (χ3v) is 4.22. The van der Waals surface area contributed by atoms with E-state index in [0.717, 1.165) is 16.3 Å². The van der Waals surface area contributed by atoms with E-state index >= 15 is 0 Å². The number of rotatable bonds is 4. The number of fused-ring (bicyclic) bond motifs is 1.